The van der Waals surface area contributed by atoms with Crippen molar-refractivity contribution in [3.8, 4) is 0 Å². The van der Waals surface area contributed by atoms with Gasteiger partial charge in [-0.3, -0.25) is 10.1 Å². The molecule has 0 aliphatic heterocycles. The Morgan fingerprint density at radius 2 is 1.73 bits per heavy atom. The summed E-state index contributed by atoms with van der Waals surface area (Å²) >= 11 is 0. The van der Waals surface area contributed by atoms with Crippen molar-refractivity contribution in [1.82, 2.24) is 0 Å². The average Bonchev–Trinajstić information content (AvgIpc) is 2.08. The van der Waals surface area contributed by atoms with Crippen molar-refractivity contribution in [1.29, 1.82) is 0 Å². The van der Waals surface area contributed by atoms with Crippen LogP contribution in [-0.4, -0.2) is 11.5 Å². The van der Waals surface area contributed by atoms with Gasteiger partial charge in [-0.25, -0.2) is 0 Å². The van der Waals surface area contributed by atoms with E-state index in [0.29, 0.717) is 6.42 Å². The van der Waals surface area contributed by atoms with Crippen LogP contribution in [0.2, 0.25) is 0 Å². The topological polar surface area (TPSA) is 43.1 Å². The molecule has 1 rings (SSSR count). The van der Waals surface area contributed by atoms with Crippen LogP contribution < -0.4 is 0 Å². The quantitative estimate of drug-likeness (QED) is 0.562. The van der Waals surface area contributed by atoms with Gasteiger partial charge in [0.2, 0.25) is 6.54 Å². The summed E-state index contributed by atoms with van der Waals surface area (Å²) in [6, 6.07) is 4.27. The van der Waals surface area contributed by atoms with Crippen LogP contribution in [0.3, 0.4) is 0 Å². The monoisotopic (exact) mass is 207 g/mol. The number of nitrogens with zero attached hydrogens (tertiary/aromatic N) is 1. The second-order valence-electron chi connectivity index (χ2n) is 4.04. The number of aryl methyl sites for hydroxylation is 3. The summed E-state index contributed by atoms with van der Waals surface area (Å²) < 4.78 is 0. The molecule has 0 saturated heterocycles. The van der Waals surface area contributed by atoms with Crippen molar-refractivity contribution in [3.05, 3.63) is 44.5 Å². The van der Waals surface area contributed by atoms with Crippen LogP contribution in [0.25, 0.3) is 0 Å². The highest BCUT2D eigenvalue weighted by molar-refractivity contribution is 5.37. The number of rotatable bonds is 4. The molecule has 0 aliphatic carbocycles. The Balaban J connectivity index is 2.72. The molecule has 0 amide bonds. The van der Waals surface area contributed by atoms with E-state index in [1.165, 1.54) is 22.3 Å². The fourth-order valence-corrected chi connectivity index (χ4v) is 1.99. The third-order valence-electron chi connectivity index (χ3n) is 2.61. The zero-order valence-corrected chi connectivity index (χ0v) is 9.54. The molecule has 0 radical (unpaired) electrons. The highest BCUT2D eigenvalue weighted by Gasteiger charge is 2.05. The fraction of sp³-hybridized carbons (Fsp3) is 0.500. The van der Waals surface area contributed by atoms with Crippen LogP contribution in [0, 0.1) is 30.9 Å². The number of hydrogen-bond acceptors (Lipinski definition) is 2. The molecule has 1 aromatic carbocycles. The van der Waals surface area contributed by atoms with Crippen molar-refractivity contribution in [2.75, 3.05) is 6.54 Å². The van der Waals surface area contributed by atoms with Gasteiger partial charge < -0.3 is 0 Å². The maximum atomic E-state index is 10.2. The predicted molar refractivity (Wildman–Crippen MR) is 60.8 cm³/mol. The summed E-state index contributed by atoms with van der Waals surface area (Å²) in [7, 11) is 0. The zero-order valence-electron chi connectivity index (χ0n) is 9.54. The summed E-state index contributed by atoms with van der Waals surface area (Å²) in [5.74, 6) is 0. The van der Waals surface area contributed by atoms with Crippen LogP contribution in [0.4, 0.5) is 0 Å². The Morgan fingerprint density at radius 3 is 2.20 bits per heavy atom. The Hall–Kier alpha value is -1.38. The zero-order chi connectivity index (χ0) is 11.4. The van der Waals surface area contributed by atoms with Crippen molar-refractivity contribution < 1.29 is 4.92 Å². The third-order valence-corrected chi connectivity index (χ3v) is 2.61. The van der Waals surface area contributed by atoms with E-state index >= 15 is 0 Å². The van der Waals surface area contributed by atoms with Gasteiger partial charge in [0, 0.05) is 11.3 Å². The van der Waals surface area contributed by atoms with Gasteiger partial charge in [-0.15, -0.1) is 0 Å². The molecule has 82 valence electrons. The molecule has 0 heterocycles. The smallest absolute Gasteiger partial charge is 0.204 e. The van der Waals surface area contributed by atoms with Gasteiger partial charge in [-0.05, 0) is 43.9 Å². The molecular weight excluding hydrogens is 190 g/mol. The van der Waals surface area contributed by atoms with Crippen LogP contribution in [0.15, 0.2) is 12.1 Å². The first-order chi connectivity index (χ1) is 7.00. The lowest BCUT2D eigenvalue weighted by atomic mass is 9.96. The van der Waals surface area contributed by atoms with Crippen molar-refractivity contribution in [3.63, 3.8) is 0 Å². The molecule has 3 nitrogen and oxygen atoms in total. The molecule has 0 unspecified atom stereocenters. The second kappa shape index (κ2) is 4.91. The van der Waals surface area contributed by atoms with Gasteiger partial charge in [0.05, 0.1) is 0 Å². The van der Waals surface area contributed by atoms with Gasteiger partial charge in [-0.2, -0.15) is 0 Å². The Kier molecular flexibility index (Phi) is 3.83. The molecule has 0 bridgehead atoms. The maximum absolute atomic E-state index is 10.2. The van der Waals surface area contributed by atoms with Gasteiger partial charge in [0.1, 0.15) is 0 Å². The molecule has 0 fully saturated rings. The van der Waals surface area contributed by atoms with Gasteiger partial charge in [-0.1, -0.05) is 17.7 Å². The molecule has 0 aromatic heterocycles. The summed E-state index contributed by atoms with van der Waals surface area (Å²) in [5, 5.41) is 10.2. The van der Waals surface area contributed by atoms with E-state index in [9.17, 15) is 10.1 Å². The highest BCUT2D eigenvalue weighted by atomic mass is 16.6. The molecule has 3 heteroatoms. The standard InChI is InChI=1S/C12H17NO2/c1-9-7-10(2)12(11(3)8-9)5-4-6-13(14)15/h7-8H,4-6H2,1-3H3. The number of nitro groups is 1. The van der Waals surface area contributed by atoms with E-state index in [1.54, 1.807) is 0 Å². The normalized spacial score (nSPS) is 10.3. The summed E-state index contributed by atoms with van der Waals surface area (Å²) in [5.41, 5.74) is 5.01. The van der Waals surface area contributed by atoms with Gasteiger partial charge in [0.25, 0.3) is 0 Å². The first-order valence-corrected chi connectivity index (χ1v) is 5.19. The molecule has 1 aromatic rings. The lowest BCUT2D eigenvalue weighted by Gasteiger charge is -2.09. The number of hydrogen-bond donors (Lipinski definition) is 0. The Bertz CT molecular complexity index is 349. The van der Waals surface area contributed by atoms with Crippen LogP contribution in [0.5, 0.6) is 0 Å². The first kappa shape index (κ1) is 11.7. The van der Waals surface area contributed by atoms with Crippen molar-refractivity contribution in [2.24, 2.45) is 0 Å². The Labute approximate surface area is 90.3 Å². The second-order valence-corrected chi connectivity index (χ2v) is 4.04. The molecule has 15 heavy (non-hydrogen) atoms. The first-order valence-electron chi connectivity index (χ1n) is 5.19. The molecule has 0 atom stereocenters. The van der Waals surface area contributed by atoms with Gasteiger partial charge >= 0.3 is 0 Å². The number of benzene rings is 1. The minimum absolute atomic E-state index is 0.0623. The van der Waals surface area contributed by atoms with Crippen molar-refractivity contribution in [2.45, 2.75) is 33.6 Å². The van der Waals surface area contributed by atoms with E-state index in [-0.39, 0.29) is 11.5 Å². The van der Waals surface area contributed by atoms with Crippen LogP contribution in [-0.2, 0) is 6.42 Å². The predicted octanol–water partition coefficient (Wildman–Crippen LogP) is 2.82. The highest BCUT2D eigenvalue weighted by Crippen LogP contribution is 2.17. The van der Waals surface area contributed by atoms with Crippen LogP contribution in [0.1, 0.15) is 28.7 Å². The largest absolute Gasteiger partial charge is 0.265 e. The van der Waals surface area contributed by atoms with E-state index in [2.05, 4.69) is 32.9 Å². The molecule has 0 N–H and O–H groups in total. The van der Waals surface area contributed by atoms with E-state index in [0.717, 1.165) is 6.42 Å². The average molecular weight is 207 g/mol. The summed E-state index contributed by atoms with van der Waals surface area (Å²) in [4.78, 5) is 9.97. The lowest BCUT2D eigenvalue weighted by Crippen LogP contribution is -2.04. The minimum Gasteiger partial charge on any atom is -0.265 e. The molecule has 0 spiro atoms. The lowest BCUT2D eigenvalue weighted by molar-refractivity contribution is -0.480. The summed E-state index contributed by atoms with van der Waals surface area (Å²) in [6.07, 6.45) is 1.43. The SMILES string of the molecule is Cc1cc(C)c(CCC[N+](=O)[O-])c(C)c1. The van der Waals surface area contributed by atoms with E-state index in [4.69, 9.17) is 0 Å². The maximum Gasteiger partial charge on any atom is 0.204 e. The third kappa shape index (κ3) is 3.35. The van der Waals surface area contributed by atoms with E-state index < -0.39 is 0 Å². The molecule has 0 saturated carbocycles. The molecule has 0 aliphatic rings. The minimum atomic E-state index is -0.251. The van der Waals surface area contributed by atoms with Gasteiger partial charge in [0.15, 0.2) is 0 Å². The van der Waals surface area contributed by atoms with E-state index in [1.807, 2.05) is 0 Å². The summed E-state index contributed by atoms with van der Waals surface area (Å²) in [6.45, 7) is 6.27. The van der Waals surface area contributed by atoms with Crippen molar-refractivity contribution >= 4 is 0 Å². The fourth-order valence-electron chi connectivity index (χ4n) is 1.99. The molecular formula is C12H17NO2. The Morgan fingerprint density at radius 1 is 1.20 bits per heavy atom. The van der Waals surface area contributed by atoms with Crippen LogP contribution >= 0.6 is 0 Å².